The topological polar surface area (TPSA) is 81.2 Å². The number of rotatable bonds is 6. The van der Waals surface area contributed by atoms with Crippen molar-refractivity contribution in [1.29, 1.82) is 0 Å². The van der Waals surface area contributed by atoms with Crippen LogP contribution in [-0.4, -0.2) is 37.8 Å². The van der Waals surface area contributed by atoms with E-state index in [4.69, 9.17) is 4.74 Å². The number of hydrogen-bond donors (Lipinski definition) is 1. The Balaban J connectivity index is 2.32. The summed E-state index contributed by atoms with van der Waals surface area (Å²) in [5, 5.41) is 0. The lowest BCUT2D eigenvalue weighted by Gasteiger charge is -2.04. The van der Waals surface area contributed by atoms with Crippen LogP contribution in [0.2, 0.25) is 0 Å². The molecule has 0 unspecified atom stereocenters. The van der Waals surface area contributed by atoms with Crippen LogP contribution >= 0.6 is 0 Å². The lowest BCUT2D eigenvalue weighted by Crippen LogP contribution is -2.23. The van der Waals surface area contributed by atoms with Crippen molar-refractivity contribution in [2.24, 2.45) is 0 Å². The molecule has 1 radical (unpaired) electrons. The second-order valence-electron chi connectivity index (χ2n) is 3.11. The summed E-state index contributed by atoms with van der Waals surface area (Å²) in [7, 11) is -1.77. The quantitative estimate of drug-likeness (QED) is 0.707. The number of nitrogens with zero attached hydrogens (tertiary/aromatic N) is 2. The highest BCUT2D eigenvalue weighted by Gasteiger charge is 2.06. The third-order valence-corrected chi connectivity index (χ3v) is 3.26. The molecule has 0 fully saturated rings. The number of hydrogen-bond acceptors (Lipinski definition) is 5. The predicted octanol–water partition coefficient (Wildman–Crippen LogP) is -0.0967. The first-order valence-corrected chi connectivity index (χ1v) is 6.44. The van der Waals surface area contributed by atoms with Gasteiger partial charge in [-0.2, -0.15) is 4.98 Å². The lowest BCUT2D eigenvalue weighted by molar-refractivity contribution is 0.291. The summed E-state index contributed by atoms with van der Waals surface area (Å²) in [6, 6.07) is 3.04. The van der Waals surface area contributed by atoms with E-state index in [1.165, 1.54) is 13.2 Å². The molecule has 89 valence electrons. The lowest BCUT2D eigenvalue weighted by atomic mass is 10.5. The van der Waals surface area contributed by atoms with E-state index >= 15 is 0 Å². The van der Waals surface area contributed by atoms with E-state index in [0.29, 0.717) is 12.1 Å². The Labute approximate surface area is 95.1 Å². The normalized spacial score (nSPS) is 11.4. The first kappa shape index (κ1) is 12.9. The van der Waals surface area contributed by atoms with Crippen molar-refractivity contribution < 1.29 is 13.2 Å². The minimum Gasteiger partial charge on any atom is -0.463 e. The molecule has 1 aromatic heterocycles. The van der Waals surface area contributed by atoms with Crippen molar-refractivity contribution in [3.05, 3.63) is 18.0 Å². The van der Waals surface area contributed by atoms with Crippen molar-refractivity contribution in [1.82, 2.24) is 14.7 Å². The minimum atomic E-state index is -3.16. The summed E-state index contributed by atoms with van der Waals surface area (Å²) >= 11 is 0. The molecule has 0 aliphatic rings. The number of sulfonamides is 1. The van der Waals surface area contributed by atoms with Gasteiger partial charge in [0, 0.05) is 12.3 Å². The Hall–Kier alpha value is -1.21. The van der Waals surface area contributed by atoms with Crippen LogP contribution in [0.3, 0.4) is 0 Å². The van der Waals surface area contributed by atoms with Gasteiger partial charge in [-0.25, -0.2) is 18.1 Å². The molecule has 0 aliphatic heterocycles. The number of aromatic nitrogens is 2. The van der Waals surface area contributed by atoms with Crippen molar-refractivity contribution >= 4 is 10.0 Å². The van der Waals surface area contributed by atoms with Crippen molar-refractivity contribution in [3.8, 4) is 6.01 Å². The van der Waals surface area contributed by atoms with Gasteiger partial charge in [-0.05, 0) is 20.4 Å². The first-order chi connectivity index (χ1) is 7.53. The summed E-state index contributed by atoms with van der Waals surface area (Å²) < 4.78 is 29.5. The van der Waals surface area contributed by atoms with Crippen LogP contribution in [0.15, 0.2) is 6.20 Å². The molecule has 1 aromatic rings. The van der Waals surface area contributed by atoms with Gasteiger partial charge in [0.2, 0.25) is 10.0 Å². The van der Waals surface area contributed by atoms with Crippen LogP contribution in [0.1, 0.15) is 12.1 Å². The third kappa shape index (κ3) is 4.54. The maximum absolute atomic E-state index is 11.1. The number of ether oxygens (including phenoxy) is 1. The molecule has 7 heteroatoms. The molecule has 0 aliphatic carbocycles. The molecule has 0 amide bonds. The third-order valence-electron chi connectivity index (χ3n) is 1.81. The fourth-order valence-corrected chi connectivity index (χ4v) is 1.67. The summed E-state index contributed by atoms with van der Waals surface area (Å²) in [5.41, 5.74) is 0.688. The molecule has 0 spiro atoms. The maximum atomic E-state index is 11.1. The molecular weight excluding hydrogens is 230 g/mol. The molecule has 0 saturated heterocycles. The Bertz CT molecular complexity index is 433. The van der Waals surface area contributed by atoms with Crippen LogP contribution < -0.4 is 9.46 Å². The Morgan fingerprint density at radius 2 is 2.31 bits per heavy atom. The van der Waals surface area contributed by atoms with Crippen LogP contribution in [0.5, 0.6) is 6.01 Å². The summed E-state index contributed by atoms with van der Waals surface area (Å²) in [6.07, 6.45) is 1.87. The summed E-state index contributed by atoms with van der Waals surface area (Å²) in [5.74, 6) is 0.0292. The zero-order valence-electron chi connectivity index (χ0n) is 9.23. The maximum Gasteiger partial charge on any atom is 0.316 e. The molecule has 1 N–H and O–H groups in total. The van der Waals surface area contributed by atoms with Gasteiger partial charge in [0.05, 0.1) is 18.1 Å². The molecule has 6 nitrogen and oxygen atoms in total. The van der Waals surface area contributed by atoms with E-state index in [0.717, 1.165) is 0 Å². The van der Waals surface area contributed by atoms with Gasteiger partial charge >= 0.3 is 6.01 Å². The van der Waals surface area contributed by atoms with Gasteiger partial charge in [0.25, 0.3) is 0 Å². The Morgan fingerprint density at radius 1 is 1.56 bits per heavy atom. The van der Waals surface area contributed by atoms with E-state index in [-0.39, 0.29) is 18.4 Å². The van der Waals surface area contributed by atoms with Crippen LogP contribution in [0.25, 0.3) is 0 Å². The minimum absolute atomic E-state index is 0.0292. The molecule has 0 saturated carbocycles. The molecule has 1 heterocycles. The van der Waals surface area contributed by atoms with E-state index in [9.17, 15) is 8.42 Å². The van der Waals surface area contributed by atoms with Gasteiger partial charge in [0.1, 0.15) is 0 Å². The second-order valence-corrected chi connectivity index (χ2v) is 5.15. The fourth-order valence-electron chi connectivity index (χ4n) is 0.970. The Morgan fingerprint density at radius 3 is 2.94 bits per heavy atom. The molecular formula is C9H14N3O3S. The van der Waals surface area contributed by atoms with E-state index in [2.05, 4.69) is 20.8 Å². The summed E-state index contributed by atoms with van der Waals surface area (Å²) in [6.45, 7) is 2.05. The highest BCUT2D eigenvalue weighted by molar-refractivity contribution is 7.89. The highest BCUT2D eigenvalue weighted by Crippen LogP contribution is 2.01. The van der Waals surface area contributed by atoms with Gasteiger partial charge in [-0.3, -0.25) is 0 Å². The second kappa shape index (κ2) is 5.76. The average Bonchev–Trinajstić information content (AvgIpc) is 2.25. The van der Waals surface area contributed by atoms with E-state index in [1.54, 1.807) is 6.92 Å². The zero-order chi connectivity index (χ0) is 12.0. The summed E-state index contributed by atoms with van der Waals surface area (Å²) in [4.78, 5) is 7.81. The number of aryl methyl sites for hydroxylation is 1. The Kier molecular flexibility index (Phi) is 4.63. The smallest absolute Gasteiger partial charge is 0.316 e. The van der Waals surface area contributed by atoms with Crippen molar-refractivity contribution in [2.45, 2.75) is 13.3 Å². The SMILES string of the molecule is CNS(=O)(=O)CCCOc1nc[c]c(C)n1. The molecule has 0 bridgehead atoms. The van der Waals surface area contributed by atoms with Crippen LogP contribution in [-0.2, 0) is 10.0 Å². The molecule has 0 atom stereocenters. The fraction of sp³-hybridized carbons (Fsp3) is 0.556. The van der Waals surface area contributed by atoms with Crippen molar-refractivity contribution in [3.63, 3.8) is 0 Å². The highest BCUT2D eigenvalue weighted by atomic mass is 32.2. The molecule has 16 heavy (non-hydrogen) atoms. The van der Waals surface area contributed by atoms with Gasteiger partial charge in [-0.1, -0.05) is 0 Å². The number of nitrogens with one attached hydrogen (secondary N) is 1. The zero-order valence-corrected chi connectivity index (χ0v) is 10.0. The largest absolute Gasteiger partial charge is 0.463 e. The van der Waals surface area contributed by atoms with Crippen LogP contribution in [0, 0.1) is 13.0 Å². The van der Waals surface area contributed by atoms with Crippen molar-refractivity contribution in [2.75, 3.05) is 19.4 Å². The average molecular weight is 244 g/mol. The van der Waals surface area contributed by atoms with Gasteiger partial charge in [0.15, 0.2) is 0 Å². The van der Waals surface area contributed by atoms with E-state index < -0.39 is 10.0 Å². The van der Waals surface area contributed by atoms with Gasteiger partial charge < -0.3 is 4.74 Å². The standard InChI is InChI=1S/C9H14N3O3S/c1-8-4-5-11-9(12-8)15-6-3-7-16(13,14)10-2/h5,10H,3,6-7H2,1-2H3. The van der Waals surface area contributed by atoms with Gasteiger partial charge in [-0.15, -0.1) is 0 Å². The monoisotopic (exact) mass is 244 g/mol. The van der Waals surface area contributed by atoms with Crippen LogP contribution in [0.4, 0.5) is 0 Å². The molecule has 1 rings (SSSR count). The molecule has 0 aromatic carbocycles. The predicted molar refractivity (Wildman–Crippen MR) is 58.6 cm³/mol. The first-order valence-electron chi connectivity index (χ1n) is 4.79. The van der Waals surface area contributed by atoms with E-state index in [1.807, 2.05) is 0 Å².